The molecule has 0 bridgehead atoms. The molecule has 2 saturated heterocycles. The lowest BCUT2D eigenvalue weighted by Crippen LogP contribution is -2.64. The van der Waals surface area contributed by atoms with Crippen LogP contribution in [0, 0.1) is 0 Å². The first-order valence-electron chi connectivity index (χ1n) is 10.4. The van der Waals surface area contributed by atoms with Crippen LogP contribution < -0.4 is 5.73 Å². The molecule has 1 aromatic rings. The number of aliphatic hydroxyl groups is 7. The number of rotatable bonds is 9. The number of anilines is 1. The zero-order valence-corrected chi connectivity index (χ0v) is 18.5. The van der Waals surface area contributed by atoms with E-state index in [1.807, 2.05) is 12.1 Å². The van der Waals surface area contributed by atoms with Crippen molar-refractivity contribution < 1.29 is 54.7 Å². The van der Waals surface area contributed by atoms with Gasteiger partial charge in [0.2, 0.25) is 0 Å². The summed E-state index contributed by atoms with van der Waals surface area (Å²) in [5, 5.41) is 69.9. The fraction of sp³-hybridized carbons (Fsp3) is 0.700. The van der Waals surface area contributed by atoms with E-state index in [4.69, 9.17) is 24.7 Å². The molecule has 2 aliphatic rings. The Hall–Kier alpha value is -1.07. The van der Waals surface area contributed by atoms with Crippen molar-refractivity contribution in [1.82, 2.24) is 0 Å². The Morgan fingerprint density at radius 3 is 2.03 bits per heavy atom. The summed E-state index contributed by atoms with van der Waals surface area (Å²) in [6, 6.07) is 7.26. The lowest BCUT2D eigenvalue weighted by molar-refractivity contribution is -0.359. The summed E-state index contributed by atoms with van der Waals surface area (Å²) in [4.78, 5) is 0.971. The molecule has 0 amide bonds. The molecular formula is C20H31NO11S. The first-order chi connectivity index (χ1) is 15.8. The molecule has 13 heteroatoms. The summed E-state index contributed by atoms with van der Waals surface area (Å²) in [7, 11) is 0. The predicted octanol–water partition coefficient (Wildman–Crippen LogP) is -3.00. The third-order valence-corrected chi connectivity index (χ3v) is 6.45. The van der Waals surface area contributed by atoms with Crippen LogP contribution in [0.4, 0.5) is 5.69 Å². The van der Waals surface area contributed by atoms with E-state index in [2.05, 4.69) is 0 Å². The Balaban J connectivity index is 1.55. The van der Waals surface area contributed by atoms with E-state index in [0.29, 0.717) is 11.4 Å². The van der Waals surface area contributed by atoms with E-state index >= 15 is 0 Å². The average Bonchev–Trinajstić information content (AvgIpc) is 2.82. The minimum absolute atomic E-state index is 0.167. The zero-order valence-electron chi connectivity index (χ0n) is 17.7. The largest absolute Gasteiger partial charge is 0.399 e. The van der Waals surface area contributed by atoms with Gasteiger partial charge in [-0.25, -0.2) is 0 Å². The number of benzene rings is 1. The van der Waals surface area contributed by atoms with Crippen molar-refractivity contribution in [1.29, 1.82) is 0 Å². The lowest BCUT2D eigenvalue weighted by Gasteiger charge is -2.45. The first kappa shape index (κ1) is 26.5. The minimum Gasteiger partial charge on any atom is -0.399 e. The van der Waals surface area contributed by atoms with Crippen LogP contribution in [-0.4, -0.2) is 123 Å². The van der Waals surface area contributed by atoms with Crippen molar-refractivity contribution in [2.45, 2.75) is 66.3 Å². The number of thioether (sulfide) groups is 1. The van der Waals surface area contributed by atoms with Gasteiger partial charge in [0.05, 0.1) is 19.8 Å². The number of hydrogen-bond acceptors (Lipinski definition) is 13. The van der Waals surface area contributed by atoms with Gasteiger partial charge in [0.15, 0.2) is 12.6 Å². The fourth-order valence-electron chi connectivity index (χ4n) is 3.58. The van der Waals surface area contributed by atoms with Crippen molar-refractivity contribution in [3.8, 4) is 0 Å². The molecule has 1 aromatic carbocycles. The molecule has 0 aliphatic carbocycles. The molecule has 10 atom stereocenters. The maximum absolute atomic E-state index is 10.6. The quantitative estimate of drug-likeness (QED) is 0.0982. The van der Waals surface area contributed by atoms with Crippen molar-refractivity contribution in [2.24, 2.45) is 0 Å². The maximum Gasteiger partial charge on any atom is 0.187 e. The predicted molar refractivity (Wildman–Crippen MR) is 114 cm³/mol. The SMILES string of the molecule is Nc1ccc(SCCO[C@H]2O[C@H](CO)[C@H](O[C@@H]3O[C@H](CO)[C@H](O)[C@H](O)[C@H]3O)[C@H](O)[C@H]2O)cc1. The minimum atomic E-state index is -1.72. The Morgan fingerprint density at radius 2 is 1.39 bits per heavy atom. The van der Waals surface area contributed by atoms with Gasteiger partial charge < -0.3 is 60.4 Å². The highest BCUT2D eigenvalue weighted by Crippen LogP contribution is 2.29. The van der Waals surface area contributed by atoms with E-state index in [-0.39, 0.29) is 6.61 Å². The second-order valence-electron chi connectivity index (χ2n) is 7.79. The Bertz CT molecular complexity index is 724. The maximum atomic E-state index is 10.6. The van der Waals surface area contributed by atoms with Gasteiger partial charge in [-0.1, -0.05) is 0 Å². The van der Waals surface area contributed by atoms with Gasteiger partial charge in [-0.2, -0.15) is 0 Å². The molecule has 0 aromatic heterocycles. The fourth-order valence-corrected chi connectivity index (χ4v) is 4.32. The first-order valence-corrected chi connectivity index (χ1v) is 11.4. The number of nitrogens with two attached hydrogens (primary N) is 1. The third kappa shape index (κ3) is 6.33. The van der Waals surface area contributed by atoms with Crippen LogP contribution in [0.3, 0.4) is 0 Å². The molecule has 9 N–H and O–H groups in total. The summed E-state index contributed by atoms with van der Waals surface area (Å²) in [6.45, 7) is -1.11. The summed E-state index contributed by atoms with van der Waals surface area (Å²) in [6.07, 6.45) is -14.7. The number of hydrogen-bond donors (Lipinski definition) is 8. The number of nitrogen functional groups attached to an aromatic ring is 1. The van der Waals surface area contributed by atoms with Gasteiger partial charge in [-0.3, -0.25) is 0 Å². The second kappa shape index (κ2) is 12.1. The molecule has 2 fully saturated rings. The molecule has 33 heavy (non-hydrogen) atoms. The van der Waals surface area contributed by atoms with Gasteiger partial charge in [0.1, 0.15) is 48.8 Å². The molecule has 0 unspecified atom stereocenters. The van der Waals surface area contributed by atoms with Crippen molar-refractivity contribution in [2.75, 3.05) is 31.3 Å². The van der Waals surface area contributed by atoms with Gasteiger partial charge in [0.25, 0.3) is 0 Å². The average molecular weight is 494 g/mol. The molecule has 0 radical (unpaired) electrons. The second-order valence-corrected chi connectivity index (χ2v) is 8.96. The third-order valence-electron chi connectivity index (χ3n) is 5.47. The van der Waals surface area contributed by atoms with Crippen LogP contribution >= 0.6 is 11.8 Å². The normalized spacial score (nSPS) is 39.5. The summed E-state index contributed by atoms with van der Waals surface area (Å²) in [5.74, 6) is 0.515. The van der Waals surface area contributed by atoms with E-state index in [0.717, 1.165) is 4.90 Å². The molecule has 0 saturated carbocycles. The van der Waals surface area contributed by atoms with Gasteiger partial charge in [-0.05, 0) is 24.3 Å². The highest BCUT2D eigenvalue weighted by molar-refractivity contribution is 7.99. The molecule has 0 spiro atoms. The highest BCUT2D eigenvalue weighted by Gasteiger charge is 2.50. The molecular weight excluding hydrogens is 462 g/mol. The highest BCUT2D eigenvalue weighted by atomic mass is 32.2. The van der Waals surface area contributed by atoms with E-state index in [1.165, 1.54) is 11.8 Å². The molecule has 2 heterocycles. The smallest absolute Gasteiger partial charge is 0.187 e. The lowest BCUT2D eigenvalue weighted by atomic mass is 9.97. The Labute approximate surface area is 194 Å². The van der Waals surface area contributed by atoms with Crippen LogP contribution in [0.5, 0.6) is 0 Å². The number of ether oxygens (including phenoxy) is 4. The molecule has 3 rings (SSSR count). The van der Waals surface area contributed by atoms with Crippen molar-refractivity contribution >= 4 is 17.4 Å². The summed E-state index contributed by atoms with van der Waals surface area (Å²) < 4.78 is 21.8. The standard InChI is InChI=1S/C20H31NO11S/c21-9-1-3-10(4-2-9)33-6-5-29-19-17(28)15(26)18(12(8-23)31-19)32-20-16(27)14(25)13(24)11(7-22)30-20/h1-4,11-20,22-28H,5-8,21H2/t11-,12-,13+,14+,15-,16-,17-,18+,19+,20+/m1/s1. The monoisotopic (exact) mass is 493 g/mol. The van der Waals surface area contributed by atoms with Crippen LogP contribution in [0.2, 0.25) is 0 Å². The van der Waals surface area contributed by atoms with Crippen molar-refractivity contribution in [3.05, 3.63) is 24.3 Å². The van der Waals surface area contributed by atoms with Crippen LogP contribution in [0.15, 0.2) is 29.2 Å². The molecule has 12 nitrogen and oxygen atoms in total. The van der Waals surface area contributed by atoms with Crippen molar-refractivity contribution in [3.63, 3.8) is 0 Å². The van der Waals surface area contributed by atoms with E-state index in [1.54, 1.807) is 12.1 Å². The van der Waals surface area contributed by atoms with Crippen LogP contribution in [0.1, 0.15) is 0 Å². The Kier molecular flexibility index (Phi) is 9.70. The van der Waals surface area contributed by atoms with Crippen LogP contribution in [0.25, 0.3) is 0 Å². The topological polar surface area (TPSA) is 205 Å². The Morgan fingerprint density at radius 1 is 0.788 bits per heavy atom. The van der Waals surface area contributed by atoms with Gasteiger partial charge in [0, 0.05) is 16.3 Å². The summed E-state index contributed by atoms with van der Waals surface area (Å²) >= 11 is 1.49. The number of aliphatic hydroxyl groups excluding tert-OH is 7. The molecule has 2 aliphatic heterocycles. The van der Waals surface area contributed by atoms with Crippen LogP contribution in [-0.2, 0) is 18.9 Å². The van der Waals surface area contributed by atoms with Gasteiger partial charge in [-0.15, -0.1) is 11.8 Å². The zero-order chi connectivity index (χ0) is 24.1. The van der Waals surface area contributed by atoms with E-state index < -0.39 is 74.6 Å². The summed E-state index contributed by atoms with van der Waals surface area (Å²) in [5.41, 5.74) is 6.30. The van der Waals surface area contributed by atoms with E-state index in [9.17, 15) is 35.7 Å². The van der Waals surface area contributed by atoms with Gasteiger partial charge >= 0.3 is 0 Å². The molecule has 188 valence electrons.